The second kappa shape index (κ2) is 27.8. The molecule has 8 heterocycles. The van der Waals surface area contributed by atoms with E-state index in [1.165, 1.54) is 23.5 Å². The third-order valence-electron chi connectivity index (χ3n) is 20.0. The van der Waals surface area contributed by atoms with Gasteiger partial charge in [-0.3, -0.25) is 33.8 Å². The Hall–Kier alpha value is -6.40. The number of carbonyl (C=O) groups excluding carboxylic acids is 5. The summed E-state index contributed by atoms with van der Waals surface area (Å²) in [5, 5.41) is 18.3. The average Bonchev–Trinajstić information content (AvgIpc) is 1.31. The molecular weight excluding hydrogens is 1140 g/mol. The minimum atomic E-state index is -0.596. The zero-order valence-corrected chi connectivity index (χ0v) is 52.7. The smallest absolute Gasteiger partial charge is 0.246 e. The Morgan fingerprint density at radius 2 is 1.58 bits per heavy atom. The van der Waals surface area contributed by atoms with Crippen molar-refractivity contribution >= 4 is 58.1 Å². The van der Waals surface area contributed by atoms with Gasteiger partial charge in [-0.05, 0) is 139 Å². The first-order valence-corrected chi connectivity index (χ1v) is 33.1. The van der Waals surface area contributed by atoms with Crippen LogP contribution in [0.4, 0.5) is 26.1 Å². The van der Waals surface area contributed by atoms with Crippen molar-refractivity contribution in [3.05, 3.63) is 87.6 Å². The Bertz CT molecular complexity index is 3130. The van der Waals surface area contributed by atoms with E-state index in [4.69, 9.17) is 9.72 Å². The predicted molar refractivity (Wildman–Crippen MR) is 335 cm³/mol. The first-order valence-electron chi connectivity index (χ1n) is 32.2. The van der Waals surface area contributed by atoms with Crippen LogP contribution in [0.25, 0.3) is 0 Å². The lowest BCUT2D eigenvalue weighted by Gasteiger charge is -2.48. The molecule has 4 atom stereocenters. The van der Waals surface area contributed by atoms with Crippen LogP contribution in [0, 0.1) is 28.4 Å². The van der Waals surface area contributed by atoms with E-state index in [1.54, 1.807) is 54.8 Å². The summed E-state index contributed by atoms with van der Waals surface area (Å²) in [6.45, 7) is 16.7. The zero-order chi connectivity index (χ0) is 61.6. The minimum Gasteiger partial charge on any atom is -0.492 e. The molecule has 2 aromatic heterocycles. The normalized spacial score (nSPS) is 23.3. The molecule has 476 valence electrons. The fourth-order valence-corrected chi connectivity index (χ4v) is 15.5. The number of likely N-dealkylation sites (N-methyl/N-ethyl adjacent to an activating group) is 1. The molecule has 1 saturated carbocycles. The maximum Gasteiger partial charge on any atom is 0.246 e. The van der Waals surface area contributed by atoms with E-state index >= 15 is 8.78 Å². The molecule has 11 rings (SSSR count). The molecule has 7 aliphatic rings. The van der Waals surface area contributed by atoms with Crippen LogP contribution >= 0.6 is 11.3 Å². The largest absolute Gasteiger partial charge is 0.492 e. The van der Waals surface area contributed by atoms with Gasteiger partial charge < -0.3 is 50.9 Å². The molecule has 7 fully saturated rings. The van der Waals surface area contributed by atoms with Gasteiger partial charge in [-0.2, -0.15) is 0 Å². The zero-order valence-electron chi connectivity index (χ0n) is 51.9. The van der Waals surface area contributed by atoms with Crippen LogP contribution < -0.4 is 41.1 Å². The molecule has 4 aromatic rings. The molecule has 2 aromatic carbocycles. The number of carbonyl (C=O) groups is 5. The number of anilines is 3. The van der Waals surface area contributed by atoms with E-state index in [2.05, 4.69) is 70.0 Å². The van der Waals surface area contributed by atoms with Gasteiger partial charge in [0.15, 0.2) is 0 Å². The van der Waals surface area contributed by atoms with Crippen molar-refractivity contribution in [2.75, 3.05) is 127 Å². The predicted octanol–water partition coefficient (Wildman–Crippen LogP) is 6.38. The topological polar surface area (TPSA) is 213 Å². The number of benzene rings is 2. The molecule has 5 N–H and O–H groups in total. The highest BCUT2D eigenvalue weighted by atomic mass is 32.1. The lowest BCUT2D eigenvalue weighted by Crippen LogP contribution is -2.66. The lowest BCUT2D eigenvalue weighted by molar-refractivity contribution is -0.139. The molecule has 6 aliphatic heterocycles. The number of ketones is 1. The minimum absolute atomic E-state index is 0.0281. The van der Waals surface area contributed by atoms with Crippen molar-refractivity contribution in [2.24, 2.45) is 16.7 Å². The second-order valence-electron chi connectivity index (χ2n) is 26.9. The number of aromatic nitrogens is 3. The van der Waals surface area contributed by atoms with Crippen LogP contribution in [0.15, 0.2) is 54.2 Å². The molecule has 20 nitrogen and oxygen atoms in total. The Kier molecular flexibility index (Phi) is 19.9. The molecule has 0 bridgehead atoms. The van der Waals surface area contributed by atoms with Crippen LogP contribution in [-0.4, -0.2) is 193 Å². The van der Waals surface area contributed by atoms with Crippen molar-refractivity contribution in [2.45, 2.75) is 134 Å². The monoisotopic (exact) mass is 1230 g/mol. The molecule has 1 aliphatic carbocycles. The lowest BCUT2D eigenvalue weighted by atomic mass is 9.82. The summed E-state index contributed by atoms with van der Waals surface area (Å²) in [4.78, 5) is 94.1. The molecule has 6 saturated heterocycles. The van der Waals surface area contributed by atoms with E-state index in [0.717, 1.165) is 128 Å². The fourth-order valence-electron chi connectivity index (χ4n) is 14.5. The Morgan fingerprint density at radius 3 is 2.36 bits per heavy atom. The number of hydrogen-bond acceptors (Lipinski definition) is 17. The highest BCUT2D eigenvalue weighted by Crippen LogP contribution is 2.41. The van der Waals surface area contributed by atoms with Crippen molar-refractivity contribution in [3.8, 4) is 5.75 Å². The Morgan fingerprint density at radius 1 is 0.818 bits per heavy atom. The molecule has 0 unspecified atom stereocenters. The summed E-state index contributed by atoms with van der Waals surface area (Å²) in [7, 11) is 1.73. The Labute approximate surface area is 520 Å². The molecule has 23 heteroatoms. The van der Waals surface area contributed by atoms with Crippen molar-refractivity contribution < 1.29 is 37.5 Å². The van der Waals surface area contributed by atoms with Gasteiger partial charge in [0.2, 0.25) is 29.4 Å². The number of amides is 4. The molecule has 2 spiro atoms. The summed E-state index contributed by atoms with van der Waals surface area (Å²) >= 11 is 1.39. The number of piperidine rings is 2. The summed E-state index contributed by atoms with van der Waals surface area (Å²) in [5.41, 5.74) is 1.06. The maximum absolute atomic E-state index is 15.8. The van der Waals surface area contributed by atoms with Gasteiger partial charge in [0, 0.05) is 87.5 Å². The van der Waals surface area contributed by atoms with Gasteiger partial charge in [0.1, 0.15) is 58.7 Å². The van der Waals surface area contributed by atoms with Crippen LogP contribution in [-0.2, 0) is 25.7 Å². The number of hydrogen-bond donors (Lipinski definition) is 5. The van der Waals surface area contributed by atoms with Gasteiger partial charge in [0.25, 0.3) is 0 Å². The van der Waals surface area contributed by atoms with Crippen molar-refractivity contribution in [1.29, 1.82) is 0 Å². The number of ether oxygens (including phenoxy) is 1. The summed E-state index contributed by atoms with van der Waals surface area (Å²) in [6.07, 6.45) is 13.6. The number of halogens is 2. The molecule has 88 heavy (non-hydrogen) atoms. The maximum atomic E-state index is 15.8. The number of thiazole rings is 1. The number of nitrogens with zero attached hydrogens (tertiary/aromatic N) is 9. The summed E-state index contributed by atoms with van der Waals surface area (Å²) < 4.78 is 37.4. The fraction of sp³-hybridized carbons (Fsp3) is 0.631. The van der Waals surface area contributed by atoms with Gasteiger partial charge in [-0.1, -0.05) is 45.2 Å². The second-order valence-corrected chi connectivity index (χ2v) is 27.8. The number of rotatable bonds is 22. The van der Waals surface area contributed by atoms with Crippen LogP contribution in [0.1, 0.15) is 137 Å². The third-order valence-corrected chi connectivity index (χ3v) is 20.9. The van der Waals surface area contributed by atoms with Crippen LogP contribution in [0.2, 0.25) is 0 Å². The van der Waals surface area contributed by atoms with E-state index < -0.39 is 29.3 Å². The molecular formula is C65H90F2N14O6S. The van der Waals surface area contributed by atoms with E-state index in [0.29, 0.717) is 92.8 Å². The number of piperazine rings is 1. The van der Waals surface area contributed by atoms with E-state index in [-0.39, 0.29) is 71.0 Å². The average molecular weight is 1230 g/mol. The third kappa shape index (κ3) is 15.2. The van der Waals surface area contributed by atoms with E-state index in [1.807, 2.05) is 11.0 Å². The number of nitrogens with one attached hydrogen (secondary N) is 5. The first kappa shape index (κ1) is 63.2. The summed E-state index contributed by atoms with van der Waals surface area (Å²) in [6, 6.07) is 10.3. The highest BCUT2D eigenvalue weighted by Gasteiger charge is 2.45. The van der Waals surface area contributed by atoms with Gasteiger partial charge >= 0.3 is 0 Å². The van der Waals surface area contributed by atoms with Crippen molar-refractivity contribution in [1.82, 2.24) is 55.8 Å². The first-order chi connectivity index (χ1) is 42.4. The highest BCUT2D eigenvalue weighted by molar-refractivity contribution is 7.10. The van der Waals surface area contributed by atoms with Gasteiger partial charge in [-0.25, -0.2) is 23.7 Å². The van der Waals surface area contributed by atoms with Gasteiger partial charge in [0.05, 0.1) is 42.9 Å². The Balaban J connectivity index is 0.582. The van der Waals surface area contributed by atoms with Crippen LogP contribution in [0.5, 0.6) is 5.75 Å². The van der Waals surface area contributed by atoms with Crippen LogP contribution in [0.3, 0.4) is 0 Å². The van der Waals surface area contributed by atoms with Crippen molar-refractivity contribution in [3.63, 3.8) is 0 Å². The molecule has 0 radical (unpaired) electrons. The standard InChI is InChI=1S/C65H90F2N14O6S/c1-44(68-4)60(85)74-58(45-10-6-5-7-11-45)62(86)81-23-9-14-52(81)61-73-51(39-88-61)59(84)46-12-8-13-48(32-46)87-31-22-70-56(82)37-78-27-18-64(41-78)17-26-77(40-64)30-21-69-54-35-55(72-43-71-54)79-28-19-65(20-29-79)42-80(38-57(83)75-65)53-34-49(66)47(33-50(53)67)36-76-24-15-63(2,3)16-25-76/h8,12-13,32-35,39,43-45,52,58,68H,5-7,9-11,14-31,36-38,40-42H2,1-4H3,(H,70,82)(H,74,85)(H,75,83)(H,69,71,72)/t44-,52-,58-,64+/m0/s1. The number of likely N-dealkylation sites (tertiary alicyclic amines) is 4. The SMILES string of the molecule is CN[C@@H](C)C(=O)N[C@H](C(=O)N1CCC[C@H]1c1nc(C(=O)c2cccc(OCCNC(=O)CN3CC[C@@]4(CCN(CCNc5cc(N6CCC7(CC6)CN(c6cc(F)c(CN8CCC(C)(C)CC8)cc6F)CC(=O)N7)ncn5)C4)C3)c2)cs1)C1CCCCC1. The van der Waals surface area contributed by atoms with Gasteiger partial charge in [-0.15, -0.1) is 11.3 Å². The quantitative estimate of drug-likeness (QED) is 0.0427. The van der Waals surface area contributed by atoms with E-state index in [9.17, 15) is 24.0 Å². The molecule has 4 amide bonds. The summed E-state index contributed by atoms with van der Waals surface area (Å²) in [5.74, 6) is 0.446.